The van der Waals surface area contributed by atoms with Gasteiger partial charge < -0.3 is 4.98 Å². The summed E-state index contributed by atoms with van der Waals surface area (Å²) < 4.78 is 2.48. The smallest absolute Gasteiger partial charge is 0.209 e. The monoisotopic (exact) mass is 400 g/mol. The maximum atomic E-state index is 5.64. The van der Waals surface area contributed by atoms with Gasteiger partial charge >= 0.3 is 0 Å². The number of benzene rings is 3. The minimum Gasteiger partial charge on any atom is -0.316 e. The Morgan fingerprint density at radius 3 is 1.96 bits per heavy atom. The molecule has 1 aromatic heterocycles. The lowest BCUT2D eigenvalue weighted by atomic mass is 10.2. The van der Waals surface area contributed by atoms with E-state index >= 15 is 0 Å². The molecule has 0 aliphatic carbocycles. The summed E-state index contributed by atoms with van der Waals surface area (Å²) in [6.07, 6.45) is 0. The average Bonchev–Trinajstić information content (AvgIpc) is 2.74. The summed E-state index contributed by atoms with van der Waals surface area (Å²) in [4.78, 5) is 12.6. The van der Waals surface area contributed by atoms with E-state index in [1.165, 1.54) is 0 Å². The van der Waals surface area contributed by atoms with E-state index in [1.807, 2.05) is 91.0 Å². The summed E-state index contributed by atoms with van der Waals surface area (Å²) in [6, 6.07) is 29.3. The predicted octanol–water partition coefficient (Wildman–Crippen LogP) is 5.96. The fourth-order valence-corrected chi connectivity index (χ4v) is 3.39. The maximum absolute atomic E-state index is 5.64. The van der Waals surface area contributed by atoms with Crippen molar-refractivity contribution in [3.05, 3.63) is 106 Å². The lowest BCUT2D eigenvalue weighted by molar-refractivity contribution is 0.918. The Kier molecular flexibility index (Phi) is 5.32. The number of aromatic amines is 1. The van der Waals surface area contributed by atoms with Crippen LogP contribution in [0, 0.1) is 9.54 Å². The summed E-state index contributed by atoms with van der Waals surface area (Å²) in [7, 11) is 0. The predicted molar refractivity (Wildman–Crippen MR) is 118 cm³/mol. The number of hydrogen-bond acceptors (Lipinski definition) is 4. The van der Waals surface area contributed by atoms with E-state index in [9.17, 15) is 0 Å². The van der Waals surface area contributed by atoms with E-state index in [-0.39, 0.29) is 0 Å². The van der Waals surface area contributed by atoms with Crippen LogP contribution in [-0.4, -0.2) is 20.4 Å². The Balaban J connectivity index is 1.92. The summed E-state index contributed by atoms with van der Waals surface area (Å²) in [5.74, 6) is 1.27. The van der Waals surface area contributed by atoms with Crippen LogP contribution in [0.25, 0.3) is 11.4 Å². The van der Waals surface area contributed by atoms with Crippen molar-refractivity contribution in [2.45, 2.75) is 0 Å². The molecule has 4 nitrogen and oxygen atoms in total. The minimum atomic E-state index is 0.348. The highest BCUT2D eigenvalue weighted by molar-refractivity contribution is 7.72. The standard InChI is InChI=1S/C22H16N4S2/c27-21-24-19(16-10-4-1-5-11-16)25-22(28)26(21)20(17-12-6-2-7-13-17)23-18-14-8-3-9-15-18/h1-15H,(H,24,25,27,28). The molecule has 0 aliphatic heterocycles. The largest absolute Gasteiger partial charge is 0.316 e. The van der Waals surface area contributed by atoms with Gasteiger partial charge in [0.2, 0.25) is 4.77 Å². The highest BCUT2D eigenvalue weighted by Gasteiger charge is 2.12. The molecule has 6 heteroatoms. The molecule has 0 amide bonds. The molecule has 0 atom stereocenters. The molecule has 0 aliphatic rings. The molecule has 0 radical (unpaired) electrons. The zero-order valence-corrected chi connectivity index (χ0v) is 16.5. The Bertz CT molecular complexity index is 1200. The molecule has 136 valence electrons. The summed E-state index contributed by atoms with van der Waals surface area (Å²) in [5.41, 5.74) is 2.63. The number of nitrogens with one attached hydrogen (secondary N) is 1. The molecule has 0 saturated heterocycles. The molecule has 0 saturated carbocycles. The number of rotatable bonds is 3. The molecular weight excluding hydrogens is 384 g/mol. The molecule has 0 bridgehead atoms. The average molecular weight is 401 g/mol. The van der Waals surface area contributed by atoms with E-state index in [1.54, 1.807) is 4.57 Å². The first-order valence-electron chi connectivity index (χ1n) is 8.71. The van der Waals surface area contributed by atoms with Crippen LogP contribution in [0.4, 0.5) is 5.69 Å². The summed E-state index contributed by atoms with van der Waals surface area (Å²) in [5, 5.41) is 0. The fraction of sp³-hybridized carbons (Fsp3) is 0. The lowest BCUT2D eigenvalue weighted by Gasteiger charge is -2.12. The van der Waals surface area contributed by atoms with Crippen LogP contribution >= 0.6 is 24.4 Å². The normalized spacial score (nSPS) is 11.4. The van der Waals surface area contributed by atoms with Crippen molar-refractivity contribution in [2.24, 2.45) is 4.99 Å². The zero-order valence-electron chi connectivity index (χ0n) is 14.8. The van der Waals surface area contributed by atoms with Crippen LogP contribution in [-0.2, 0) is 0 Å². The van der Waals surface area contributed by atoms with Crippen molar-refractivity contribution in [3.8, 4) is 11.4 Å². The second-order valence-corrected chi connectivity index (χ2v) is 6.76. The Labute approximate surface area is 172 Å². The van der Waals surface area contributed by atoms with Gasteiger partial charge in [0.05, 0.1) is 5.69 Å². The molecule has 1 N–H and O–H groups in total. The van der Waals surface area contributed by atoms with Gasteiger partial charge in [-0.2, -0.15) is 0 Å². The van der Waals surface area contributed by atoms with Gasteiger partial charge in [-0.3, -0.25) is 0 Å². The topological polar surface area (TPSA) is 46.0 Å². The molecule has 1 heterocycles. The molecule has 4 aromatic rings. The Morgan fingerprint density at radius 1 is 0.786 bits per heavy atom. The number of H-pyrrole nitrogens is 1. The number of aromatic nitrogens is 3. The number of para-hydroxylation sites is 1. The first-order valence-corrected chi connectivity index (χ1v) is 9.52. The molecule has 28 heavy (non-hydrogen) atoms. The van der Waals surface area contributed by atoms with Gasteiger partial charge in [-0.05, 0) is 36.6 Å². The Morgan fingerprint density at radius 2 is 1.36 bits per heavy atom. The van der Waals surface area contributed by atoms with Gasteiger partial charge in [0.25, 0.3) is 0 Å². The van der Waals surface area contributed by atoms with Crippen molar-refractivity contribution in [3.63, 3.8) is 0 Å². The number of nitrogens with zero attached hydrogens (tertiary/aromatic N) is 3. The van der Waals surface area contributed by atoms with Crippen LogP contribution in [0.3, 0.4) is 0 Å². The van der Waals surface area contributed by atoms with Gasteiger partial charge in [0, 0.05) is 11.1 Å². The van der Waals surface area contributed by atoms with Gasteiger partial charge in [0.15, 0.2) is 4.77 Å². The molecule has 0 spiro atoms. The zero-order chi connectivity index (χ0) is 19.3. The van der Waals surface area contributed by atoms with Crippen molar-refractivity contribution < 1.29 is 0 Å². The molecule has 0 fully saturated rings. The first kappa shape index (κ1) is 18.2. The van der Waals surface area contributed by atoms with Crippen molar-refractivity contribution in [1.82, 2.24) is 14.5 Å². The van der Waals surface area contributed by atoms with E-state index in [0.29, 0.717) is 21.2 Å². The van der Waals surface area contributed by atoms with Crippen LogP contribution in [0.15, 0.2) is 96.0 Å². The van der Waals surface area contributed by atoms with Gasteiger partial charge in [-0.25, -0.2) is 14.5 Å². The van der Waals surface area contributed by atoms with Gasteiger partial charge in [-0.15, -0.1) is 0 Å². The third-order valence-corrected chi connectivity index (χ3v) is 4.67. The molecule has 4 rings (SSSR count). The van der Waals surface area contributed by atoms with Crippen molar-refractivity contribution in [1.29, 1.82) is 0 Å². The second-order valence-electron chi connectivity index (χ2n) is 6.01. The highest BCUT2D eigenvalue weighted by Crippen LogP contribution is 2.17. The first-order chi connectivity index (χ1) is 13.7. The third-order valence-electron chi connectivity index (χ3n) is 4.11. The second kappa shape index (κ2) is 8.21. The highest BCUT2D eigenvalue weighted by atomic mass is 32.1. The lowest BCUT2D eigenvalue weighted by Crippen LogP contribution is -2.18. The van der Waals surface area contributed by atoms with Crippen LogP contribution < -0.4 is 0 Å². The molecular formula is C22H16N4S2. The van der Waals surface area contributed by atoms with E-state index in [4.69, 9.17) is 29.4 Å². The van der Waals surface area contributed by atoms with Gasteiger partial charge in [0.1, 0.15) is 11.7 Å². The maximum Gasteiger partial charge on any atom is 0.209 e. The quantitative estimate of drug-likeness (QED) is 0.262. The minimum absolute atomic E-state index is 0.348. The van der Waals surface area contributed by atoms with Crippen LogP contribution in [0.5, 0.6) is 0 Å². The van der Waals surface area contributed by atoms with Crippen molar-refractivity contribution in [2.75, 3.05) is 0 Å². The van der Waals surface area contributed by atoms with Crippen molar-refractivity contribution >= 4 is 36.0 Å². The van der Waals surface area contributed by atoms with E-state index < -0.39 is 0 Å². The van der Waals surface area contributed by atoms with E-state index in [2.05, 4.69) is 9.97 Å². The molecule has 0 unspecified atom stereocenters. The van der Waals surface area contributed by atoms with Crippen LogP contribution in [0.1, 0.15) is 5.56 Å². The van der Waals surface area contributed by atoms with Gasteiger partial charge in [-0.1, -0.05) is 78.9 Å². The molecule has 3 aromatic carbocycles. The summed E-state index contributed by atoms with van der Waals surface area (Å²) >= 11 is 11.2. The number of hydrogen-bond donors (Lipinski definition) is 1. The number of aliphatic imine (C=N–C) groups is 1. The van der Waals surface area contributed by atoms with Crippen LogP contribution in [0.2, 0.25) is 0 Å². The fourth-order valence-electron chi connectivity index (χ4n) is 2.79. The Hall–Kier alpha value is -3.22. The SMILES string of the molecule is S=c1nc(-c2ccccc2)[nH]c(=S)n1C(=Nc1ccccc1)c1ccccc1. The third kappa shape index (κ3) is 3.88. The summed E-state index contributed by atoms with van der Waals surface area (Å²) in [6.45, 7) is 0. The van der Waals surface area contributed by atoms with E-state index in [0.717, 1.165) is 16.8 Å².